The summed E-state index contributed by atoms with van der Waals surface area (Å²) >= 11 is 0. The molecule has 0 spiro atoms. The van der Waals surface area contributed by atoms with Crippen LogP contribution in [0.15, 0.2) is 54.7 Å². The third-order valence-corrected chi connectivity index (χ3v) is 5.12. The number of amides is 1. The average molecular weight is 330 g/mol. The van der Waals surface area contributed by atoms with E-state index in [4.69, 9.17) is 4.74 Å². The third-order valence-electron chi connectivity index (χ3n) is 5.12. The van der Waals surface area contributed by atoms with Crippen LogP contribution < -0.4 is 0 Å². The summed E-state index contributed by atoms with van der Waals surface area (Å²) in [6.07, 6.45) is 1.80. The van der Waals surface area contributed by atoms with Gasteiger partial charge in [-0.3, -0.25) is 9.78 Å². The van der Waals surface area contributed by atoms with Gasteiger partial charge in [-0.1, -0.05) is 24.3 Å². The smallest absolute Gasteiger partial charge is 0.254 e. The molecular formula is C21H18N2O2. The topological polar surface area (TPSA) is 45.7 Å². The maximum atomic E-state index is 12.8. The lowest BCUT2D eigenvalue weighted by molar-refractivity contribution is 0.0737. The van der Waals surface area contributed by atoms with E-state index in [2.05, 4.69) is 30.1 Å². The number of pyridine rings is 1. The van der Waals surface area contributed by atoms with Crippen LogP contribution in [0.2, 0.25) is 0 Å². The van der Waals surface area contributed by atoms with Crippen molar-refractivity contribution in [2.45, 2.75) is 19.1 Å². The number of fused-ring (bicyclic) bond motifs is 3. The molecule has 3 heterocycles. The van der Waals surface area contributed by atoms with E-state index in [1.165, 1.54) is 0 Å². The highest BCUT2D eigenvalue weighted by Gasteiger charge is 2.43. The number of rotatable bonds is 3. The lowest BCUT2D eigenvalue weighted by Crippen LogP contribution is -2.33. The second-order valence-corrected chi connectivity index (χ2v) is 7.14. The summed E-state index contributed by atoms with van der Waals surface area (Å²) in [5.41, 5.74) is 3.79. The van der Waals surface area contributed by atoms with Gasteiger partial charge < -0.3 is 9.64 Å². The molecule has 124 valence electrons. The quantitative estimate of drug-likeness (QED) is 0.689. The zero-order chi connectivity index (χ0) is 17.0. The number of ether oxygens (including phenoxy) is 1. The van der Waals surface area contributed by atoms with Gasteiger partial charge in [0, 0.05) is 23.9 Å². The molecule has 4 nitrogen and oxygen atoms in total. The monoisotopic (exact) mass is 330 g/mol. The van der Waals surface area contributed by atoms with Crippen molar-refractivity contribution in [1.29, 1.82) is 0 Å². The van der Waals surface area contributed by atoms with Crippen LogP contribution in [-0.2, 0) is 11.3 Å². The number of hydrogen-bond acceptors (Lipinski definition) is 3. The lowest BCUT2D eigenvalue weighted by Gasteiger charge is -2.17. The van der Waals surface area contributed by atoms with Crippen molar-refractivity contribution in [2.24, 2.45) is 0 Å². The summed E-state index contributed by atoms with van der Waals surface area (Å²) in [5.74, 6) is 0.108. The van der Waals surface area contributed by atoms with Crippen molar-refractivity contribution in [3.63, 3.8) is 0 Å². The van der Waals surface area contributed by atoms with Gasteiger partial charge in [-0.25, -0.2) is 0 Å². The minimum atomic E-state index is -0.160. The average Bonchev–Trinajstić information content (AvgIpc) is 3.29. The Kier molecular flexibility index (Phi) is 3.00. The number of epoxide rings is 1. The summed E-state index contributed by atoms with van der Waals surface area (Å²) in [7, 11) is 0. The molecule has 1 amide bonds. The standard InChI is InChI=1S/C21H18N2O2/c1-21(13-25-21)12-23-11-18-16(20(23)24)8-7-14-5-6-15(10-17(14)18)19-4-2-3-9-22-19/h2-10H,11-13H2,1H3. The van der Waals surface area contributed by atoms with E-state index in [0.717, 1.165) is 39.8 Å². The SMILES string of the molecule is CC1(CN2Cc3c(ccc4ccc(-c5ccccn5)cc34)C2=O)CO1. The van der Waals surface area contributed by atoms with Crippen LogP contribution >= 0.6 is 0 Å². The van der Waals surface area contributed by atoms with Crippen LogP contribution in [0, 0.1) is 0 Å². The highest BCUT2D eigenvalue weighted by Crippen LogP contribution is 2.35. The first-order valence-electron chi connectivity index (χ1n) is 8.53. The second-order valence-electron chi connectivity index (χ2n) is 7.14. The molecule has 3 aromatic rings. The predicted octanol–water partition coefficient (Wildman–Crippen LogP) is 3.65. The summed E-state index contributed by atoms with van der Waals surface area (Å²) in [6.45, 7) is 4.09. The number of hydrogen-bond donors (Lipinski definition) is 0. The molecule has 1 atom stereocenters. The van der Waals surface area contributed by atoms with Gasteiger partial charge in [0.15, 0.2) is 0 Å². The minimum absolute atomic E-state index is 0.108. The van der Waals surface area contributed by atoms with Gasteiger partial charge in [-0.05, 0) is 47.5 Å². The van der Waals surface area contributed by atoms with Crippen LogP contribution in [0.1, 0.15) is 22.8 Å². The Labute approximate surface area is 146 Å². The normalized spacial score (nSPS) is 21.6. The largest absolute Gasteiger partial charge is 0.368 e. The van der Waals surface area contributed by atoms with E-state index in [0.29, 0.717) is 13.1 Å². The molecule has 1 saturated heterocycles. The molecule has 0 saturated carbocycles. The molecule has 0 N–H and O–H groups in total. The van der Waals surface area contributed by atoms with Crippen LogP contribution in [0.3, 0.4) is 0 Å². The predicted molar refractivity (Wildman–Crippen MR) is 96.3 cm³/mol. The molecule has 2 aliphatic heterocycles. The Morgan fingerprint density at radius 2 is 2.04 bits per heavy atom. The number of benzene rings is 2. The van der Waals surface area contributed by atoms with Crippen molar-refractivity contribution in [3.8, 4) is 11.3 Å². The summed E-state index contributed by atoms with van der Waals surface area (Å²) in [6, 6.07) is 16.3. The minimum Gasteiger partial charge on any atom is -0.368 e. The van der Waals surface area contributed by atoms with Gasteiger partial charge in [-0.15, -0.1) is 0 Å². The van der Waals surface area contributed by atoms with E-state index >= 15 is 0 Å². The molecule has 2 aromatic carbocycles. The molecule has 4 heteroatoms. The highest BCUT2D eigenvalue weighted by molar-refractivity contribution is 6.05. The Balaban J connectivity index is 1.59. The molecule has 2 aliphatic rings. The van der Waals surface area contributed by atoms with Gasteiger partial charge in [-0.2, -0.15) is 0 Å². The van der Waals surface area contributed by atoms with E-state index < -0.39 is 0 Å². The van der Waals surface area contributed by atoms with E-state index in [1.54, 1.807) is 6.20 Å². The molecule has 0 aliphatic carbocycles. The van der Waals surface area contributed by atoms with E-state index in [9.17, 15) is 4.79 Å². The van der Waals surface area contributed by atoms with Crippen LogP contribution in [0.4, 0.5) is 0 Å². The number of nitrogens with zero attached hydrogens (tertiary/aromatic N) is 2. The summed E-state index contributed by atoms with van der Waals surface area (Å²) in [5, 5.41) is 2.29. The van der Waals surface area contributed by atoms with Gasteiger partial charge in [0.05, 0.1) is 18.8 Å². The number of carbonyl (C=O) groups excluding carboxylic acids is 1. The van der Waals surface area contributed by atoms with E-state index in [-0.39, 0.29) is 11.5 Å². The fourth-order valence-corrected chi connectivity index (χ4v) is 3.62. The first kappa shape index (κ1) is 14.6. The summed E-state index contributed by atoms with van der Waals surface area (Å²) < 4.78 is 5.47. The molecule has 1 fully saturated rings. The highest BCUT2D eigenvalue weighted by atomic mass is 16.6. The van der Waals surface area contributed by atoms with Gasteiger partial charge >= 0.3 is 0 Å². The number of aromatic nitrogens is 1. The zero-order valence-corrected chi connectivity index (χ0v) is 14.0. The van der Waals surface area contributed by atoms with Crippen LogP contribution in [0.5, 0.6) is 0 Å². The Morgan fingerprint density at radius 1 is 1.20 bits per heavy atom. The molecule has 25 heavy (non-hydrogen) atoms. The summed E-state index contributed by atoms with van der Waals surface area (Å²) in [4.78, 5) is 19.1. The van der Waals surface area contributed by atoms with Crippen LogP contribution in [0.25, 0.3) is 22.0 Å². The van der Waals surface area contributed by atoms with Gasteiger partial charge in [0.2, 0.25) is 0 Å². The van der Waals surface area contributed by atoms with E-state index in [1.807, 2.05) is 35.2 Å². The molecule has 1 aromatic heterocycles. The first-order valence-corrected chi connectivity index (χ1v) is 8.53. The van der Waals surface area contributed by atoms with Crippen molar-refractivity contribution in [3.05, 3.63) is 65.9 Å². The number of carbonyl (C=O) groups is 1. The first-order chi connectivity index (χ1) is 12.1. The molecule has 1 unspecified atom stereocenters. The molecule has 0 bridgehead atoms. The Morgan fingerprint density at radius 3 is 2.80 bits per heavy atom. The Bertz CT molecular complexity index is 993. The Hall–Kier alpha value is -2.72. The third kappa shape index (κ3) is 2.41. The lowest BCUT2D eigenvalue weighted by atomic mass is 9.98. The molecular weight excluding hydrogens is 312 g/mol. The van der Waals surface area contributed by atoms with Gasteiger partial charge in [0.1, 0.15) is 5.60 Å². The maximum absolute atomic E-state index is 12.8. The maximum Gasteiger partial charge on any atom is 0.254 e. The second kappa shape index (κ2) is 5.14. The zero-order valence-electron chi connectivity index (χ0n) is 14.0. The van der Waals surface area contributed by atoms with Crippen LogP contribution in [-0.4, -0.2) is 34.5 Å². The van der Waals surface area contributed by atoms with Crippen molar-refractivity contribution < 1.29 is 9.53 Å². The van der Waals surface area contributed by atoms with Crippen molar-refractivity contribution >= 4 is 16.7 Å². The fraction of sp³-hybridized carbons (Fsp3) is 0.238. The fourth-order valence-electron chi connectivity index (χ4n) is 3.62. The molecule has 0 radical (unpaired) electrons. The van der Waals surface area contributed by atoms with Crippen molar-refractivity contribution in [1.82, 2.24) is 9.88 Å². The van der Waals surface area contributed by atoms with Gasteiger partial charge in [0.25, 0.3) is 5.91 Å². The molecule has 5 rings (SSSR count). The van der Waals surface area contributed by atoms with Crippen molar-refractivity contribution in [2.75, 3.05) is 13.2 Å².